The predicted molar refractivity (Wildman–Crippen MR) is 81.9 cm³/mol. The van der Waals surface area contributed by atoms with E-state index in [0.29, 0.717) is 0 Å². The SMILES string of the molecule is Oc1c2c(c(O)n1-c1ccccc1)-c1ccccc1CC2. The molecule has 104 valence electrons. The van der Waals surface area contributed by atoms with E-state index in [2.05, 4.69) is 6.07 Å². The molecule has 1 aliphatic carbocycles. The maximum atomic E-state index is 10.7. The van der Waals surface area contributed by atoms with Crippen LogP contribution < -0.4 is 0 Å². The number of aryl methyl sites for hydroxylation is 1. The number of aromatic hydroxyl groups is 2. The largest absolute Gasteiger partial charge is 0.494 e. The van der Waals surface area contributed by atoms with Crippen LogP contribution in [0, 0.1) is 0 Å². The summed E-state index contributed by atoms with van der Waals surface area (Å²) in [5, 5.41) is 21.2. The molecule has 0 saturated heterocycles. The van der Waals surface area contributed by atoms with E-state index in [1.165, 1.54) is 10.1 Å². The van der Waals surface area contributed by atoms with Crippen molar-refractivity contribution in [2.24, 2.45) is 0 Å². The molecule has 0 radical (unpaired) electrons. The van der Waals surface area contributed by atoms with Gasteiger partial charge in [-0.2, -0.15) is 0 Å². The van der Waals surface area contributed by atoms with Crippen molar-refractivity contribution < 1.29 is 10.2 Å². The molecule has 0 fully saturated rings. The summed E-state index contributed by atoms with van der Waals surface area (Å²) in [6.45, 7) is 0. The monoisotopic (exact) mass is 277 g/mol. The summed E-state index contributed by atoms with van der Waals surface area (Å²) in [5.41, 5.74) is 4.58. The van der Waals surface area contributed by atoms with Gasteiger partial charge in [-0.15, -0.1) is 0 Å². The molecular weight excluding hydrogens is 262 g/mol. The van der Waals surface area contributed by atoms with E-state index in [-0.39, 0.29) is 11.8 Å². The fourth-order valence-corrected chi connectivity index (χ4v) is 3.18. The molecule has 3 aromatic rings. The van der Waals surface area contributed by atoms with E-state index in [4.69, 9.17) is 0 Å². The van der Waals surface area contributed by atoms with Gasteiger partial charge in [-0.3, -0.25) is 4.57 Å². The molecule has 2 aromatic carbocycles. The van der Waals surface area contributed by atoms with Crippen molar-refractivity contribution in [3.8, 4) is 28.6 Å². The van der Waals surface area contributed by atoms with Crippen LogP contribution in [0.2, 0.25) is 0 Å². The standard InChI is InChI=1S/C18H15NO2/c20-17-15-11-10-12-6-4-5-9-14(12)16(15)18(21)19(17)13-7-2-1-3-8-13/h1-9,20-21H,10-11H2. The van der Waals surface area contributed by atoms with Crippen molar-refractivity contribution in [2.75, 3.05) is 0 Å². The highest BCUT2D eigenvalue weighted by atomic mass is 16.3. The summed E-state index contributed by atoms with van der Waals surface area (Å²) in [6, 6.07) is 17.5. The van der Waals surface area contributed by atoms with Crippen LogP contribution in [-0.4, -0.2) is 14.8 Å². The Kier molecular flexibility index (Phi) is 2.54. The molecule has 4 rings (SSSR count). The molecule has 21 heavy (non-hydrogen) atoms. The molecule has 1 aromatic heterocycles. The number of aromatic nitrogens is 1. The number of nitrogens with zero attached hydrogens (tertiary/aromatic N) is 1. The Bertz CT molecular complexity index is 819. The first-order valence-electron chi connectivity index (χ1n) is 7.06. The van der Waals surface area contributed by atoms with Gasteiger partial charge in [-0.1, -0.05) is 42.5 Å². The van der Waals surface area contributed by atoms with Crippen LogP contribution in [0.5, 0.6) is 11.8 Å². The molecule has 0 unspecified atom stereocenters. The van der Waals surface area contributed by atoms with E-state index < -0.39 is 0 Å². The van der Waals surface area contributed by atoms with Gasteiger partial charge in [0.15, 0.2) is 0 Å². The topological polar surface area (TPSA) is 45.4 Å². The third-order valence-electron chi connectivity index (χ3n) is 4.16. The fraction of sp³-hybridized carbons (Fsp3) is 0.111. The van der Waals surface area contributed by atoms with Crippen molar-refractivity contribution in [2.45, 2.75) is 12.8 Å². The lowest BCUT2D eigenvalue weighted by molar-refractivity contribution is 0.401. The average molecular weight is 277 g/mol. The number of hydrogen-bond acceptors (Lipinski definition) is 2. The second-order valence-corrected chi connectivity index (χ2v) is 5.33. The first kappa shape index (κ1) is 12.1. The van der Waals surface area contributed by atoms with Crippen LogP contribution in [0.3, 0.4) is 0 Å². The summed E-state index contributed by atoms with van der Waals surface area (Å²) in [6.07, 6.45) is 1.63. The molecule has 0 spiro atoms. The van der Waals surface area contributed by atoms with Gasteiger partial charge in [0, 0.05) is 5.56 Å². The molecule has 3 nitrogen and oxygen atoms in total. The minimum atomic E-state index is 0.112. The van der Waals surface area contributed by atoms with Crippen LogP contribution in [0.25, 0.3) is 16.8 Å². The highest BCUT2D eigenvalue weighted by Crippen LogP contribution is 2.47. The van der Waals surface area contributed by atoms with Gasteiger partial charge in [0.25, 0.3) is 0 Å². The molecule has 0 saturated carbocycles. The molecule has 0 bridgehead atoms. The summed E-state index contributed by atoms with van der Waals surface area (Å²) in [4.78, 5) is 0. The van der Waals surface area contributed by atoms with Crippen LogP contribution in [0.1, 0.15) is 11.1 Å². The van der Waals surface area contributed by atoms with Gasteiger partial charge in [0.1, 0.15) is 0 Å². The Labute approximate surface area is 122 Å². The van der Waals surface area contributed by atoms with E-state index in [9.17, 15) is 10.2 Å². The maximum Gasteiger partial charge on any atom is 0.207 e. The summed E-state index contributed by atoms with van der Waals surface area (Å²) >= 11 is 0. The minimum absolute atomic E-state index is 0.112. The second-order valence-electron chi connectivity index (χ2n) is 5.33. The van der Waals surface area contributed by atoms with Crippen LogP contribution >= 0.6 is 0 Å². The third-order valence-corrected chi connectivity index (χ3v) is 4.16. The predicted octanol–water partition coefficient (Wildman–Crippen LogP) is 3.65. The van der Waals surface area contributed by atoms with Gasteiger partial charge in [0.2, 0.25) is 11.8 Å². The van der Waals surface area contributed by atoms with Gasteiger partial charge in [0.05, 0.1) is 11.3 Å². The Hall–Kier alpha value is -2.68. The second kappa shape index (κ2) is 4.42. The van der Waals surface area contributed by atoms with E-state index in [1.807, 2.05) is 48.5 Å². The fourth-order valence-electron chi connectivity index (χ4n) is 3.18. The number of hydrogen-bond donors (Lipinski definition) is 2. The van der Waals surface area contributed by atoms with E-state index in [1.54, 1.807) is 0 Å². The number of para-hydroxylation sites is 1. The van der Waals surface area contributed by atoms with E-state index >= 15 is 0 Å². The number of fused-ring (bicyclic) bond motifs is 3. The molecular formula is C18H15NO2. The lowest BCUT2D eigenvalue weighted by Crippen LogP contribution is -2.01. The lowest BCUT2D eigenvalue weighted by atomic mass is 9.88. The van der Waals surface area contributed by atoms with Gasteiger partial charge in [-0.25, -0.2) is 0 Å². The van der Waals surface area contributed by atoms with Crippen molar-refractivity contribution >= 4 is 0 Å². The van der Waals surface area contributed by atoms with Crippen LogP contribution in [-0.2, 0) is 12.8 Å². The third kappa shape index (κ3) is 1.67. The van der Waals surface area contributed by atoms with Crippen molar-refractivity contribution in [3.05, 3.63) is 65.7 Å². The van der Waals surface area contributed by atoms with Gasteiger partial charge < -0.3 is 10.2 Å². The summed E-state index contributed by atoms with van der Waals surface area (Å²) in [5.74, 6) is 0.254. The smallest absolute Gasteiger partial charge is 0.207 e. The number of rotatable bonds is 1. The van der Waals surface area contributed by atoms with Gasteiger partial charge in [-0.05, 0) is 36.1 Å². The van der Waals surface area contributed by atoms with Crippen molar-refractivity contribution in [1.29, 1.82) is 0 Å². The number of benzene rings is 2. The maximum absolute atomic E-state index is 10.7. The highest BCUT2D eigenvalue weighted by molar-refractivity contribution is 5.81. The normalized spacial score (nSPS) is 12.8. The molecule has 0 aliphatic heterocycles. The first-order chi connectivity index (χ1) is 10.3. The van der Waals surface area contributed by atoms with Crippen molar-refractivity contribution in [3.63, 3.8) is 0 Å². The molecule has 1 heterocycles. The van der Waals surface area contributed by atoms with E-state index in [0.717, 1.165) is 35.2 Å². The van der Waals surface area contributed by atoms with Crippen LogP contribution in [0.15, 0.2) is 54.6 Å². The quantitative estimate of drug-likeness (QED) is 0.713. The molecule has 1 aliphatic rings. The zero-order valence-electron chi connectivity index (χ0n) is 11.5. The molecule has 2 N–H and O–H groups in total. The Morgan fingerprint density at radius 3 is 2.29 bits per heavy atom. The average Bonchev–Trinajstić information content (AvgIpc) is 2.80. The lowest BCUT2D eigenvalue weighted by Gasteiger charge is -2.15. The van der Waals surface area contributed by atoms with Crippen LogP contribution in [0.4, 0.5) is 0 Å². The summed E-state index contributed by atoms with van der Waals surface area (Å²) < 4.78 is 1.52. The Balaban J connectivity index is 2.01. The first-order valence-corrected chi connectivity index (χ1v) is 7.06. The molecule has 0 atom stereocenters. The summed E-state index contributed by atoms with van der Waals surface area (Å²) in [7, 11) is 0. The zero-order chi connectivity index (χ0) is 14.4. The Morgan fingerprint density at radius 1 is 0.762 bits per heavy atom. The van der Waals surface area contributed by atoms with Gasteiger partial charge >= 0.3 is 0 Å². The zero-order valence-corrected chi connectivity index (χ0v) is 11.5. The Morgan fingerprint density at radius 2 is 1.48 bits per heavy atom. The molecule has 0 amide bonds. The highest BCUT2D eigenvalue weighted by Gasteiger charge is 2.28. The van der Waals surface area contributed by atoms with Crippen molar-refractivity contribution in [1.82, 2.24) is 4.57 Å². The molecule has 3 heteroatoms. The minimum Gasteiger partial charge on any atom is -0.494 e.